The Morgan fingerprint density at radius 2 is 1.88 bits per heavy atom. The lowest BCUT2D eigenvalue weighted by atomic mass is 9.90. The van der Waals surface area contributed by atoms with Crippen LogP contribution in [0.15, 0.2) is 48.8 Å². The predicted octanol–water partition coefficient (Wildman–Crippen LogP) is 2.87. The summed E-state index contributed by atoms with van der Waals surface area (Å²) in [5.41, 5.74) is 1.82. The molecule has 0 aliphatic carbocycles. The zero-order valence-electron chi connectivity index (χ0n) is 13.4. The molecule has 5 nitrogen and oxygen atoms in total. The molecule has 0 radical (unpaired) electrons. The highest BCUT2D eigenvalue weighted by molar-refractivity contribution is 5.97. The molecule has 1 fully saturated rings. The topological polar surface area (TPSA) is 70.5 Å². The number of pyridine rings is 1. The maximum absolute atomic E-state index is 12.6. The highest BCUT2D eigenvalue weighted by atomic mass is 16.4. The first-order valence-corrected chi connectivity index (χ1v) is 8.15. The van der Waals surface area contributed by atoms with Crippen LogP contribution in [0.2, 0.25) is 0 Å². The second-order valence-corrected chi connectivity index (χ2v) is 6.19. The first-order valence-electron chi connectivity index (χ1n) is 8.15. The lowest BCUT2D eigenvalue weighted by Crippen LogP contribution is -2.39. The number of rotatable bonds is 4. The molecule has 1 N–H and O–H groups in total. The molecule has 3 rings (SSSR count). The third kappa shape index (κ3) is 3.79. The summed E-state index contributed by atoms with van der Waals surface area (Å²) in [4.78, 5) is 29.6. The van der Waals surface area contributed by atoms with Crippen LogP contribution < -0.4 is 0 Å². The fourth-order valence-electron chi connectivity index (χ4n) is 3.16. The van der Waals surface area contributed by atoms with E-state index in [0.717, 1.165) is 19.3 Å². The van der Waals surface area contributed by atoms with E-state index in [-0.39, 0.29) is 11.5 Å². The number of likely N-dealkylation sites (tertiary alicyclic amines) is 1. The van der Waals surface area contributed by atoms with Crippen molar-refractivity contribution in [3.05, 3.63) is 65.5 Å². The van der Waals surface area contributed by atoms with Gasteiger partial charge in [-0.15, -0.1) is 0 Å². The molecule has 1 aliphatic rings. The average Bonchev–Trinajstić information content (AvgIpc) is 2.63. The van der Waals surface area contributed by atoms with Crippen molar-refractivity contribution in [3.8, 4) is 0 Å². The molecule has 2 aromatic rings. The first-order chi connectivity index (χ1) is 11.6. The minimum Gasteiger partial charge on any atom is -0.478 e. The van der Waals surface area contributed by atoms with Crippen molar-refractivity contribution in [2.45, 2.75) is 19.3 Å². The minimum absolute atomic E-state index is 0.0853. The molecule has 24 heavy (non-hydrogen) atoms. The minimum atomic E-state index is -1.01. The quantitative estimate of drug-likeness (QED) is 0.939. The van der Waals surface area contributed by atoms with Crippen LogP contribution in [-0.4, -0.2) is 40.0 Å². The van der Waals surface area contributed by atoms with E-state index in [2.05, 4.69) is 11.1 Å². The fraction of sp³-hybridized carbons (Fsp3) is 0.316. The van der Waals surface area contributed by atoms with Gasteiger partial charge in [0.05, 0.1) is 5.56 Å². The maximum Gasteiger partial charge on any atom is 0.335 e. The van der Waals surface area contributed by atoms with Crippen molar-refractivity contribution in [2.75, 3.05) is 13.1 Å². The Morgan fingerprint density at radius 1 is 1.12 bits per heavy atom. The number of carbonyl (C=O) groups is 2. The van der Waals surface area contributed by atoms with Crippen LogP contribution in [0.3, 0.4) is 0 Å². The molecule has 0 bridgehead atoms. The van der Waals surface area contributed by atoms with Crippen LogP contribution in [0.4, 0.5) is 0 Å². The molecule has 1 saturated heterocycles. The molecule has 5 heteroatoms. The van der Waals surface area contributed by atoms with Crippen LogP contribution in [0.25, 0.3) is 0 Å². The number of aromatic nitrogens is 1. The summed E-state index contributed by atoms with van der Waals surface area (Å²) in [5.74, 6) is -0.540. The summed E-state index contributed by atoms with van der Waals surface area (Å²) >= 11 is 0. The second kappa shape index (κ2) is 7.25. The van der Waals surface area contributed by atoms with E-state index in [0.29, 0.717) is 24.6 Å². The van der Waals surface area contributed by atoms with Crippen LogP contribution in [0, 0.1) is 5.92 Å². The summed E-state index contributed by atoms with van der Waals surface area (Å²) in [6, 6.07) is 10.3. The van der Waals surface area contributed by atoms with Gasteiger partial charge in [-0.25, -0.2) is 4.79 Å². The highest BCUT2D eigenvalue weighted by Gasteiger charge is 2.24. The van der Waals surface area contributed by atoms with Crippen LogP contribution in [0.1, 0.15) is 39.1 Å². The van der Waals surface area contributed by atoms with Gasteiger partial charge in [0.15, 0.2) is 0 Å². The lowest BCUT2D eigenvalue weighted by molar-refractivity contribution is 0.0690. The van der Waals surface area contributed by atoms with Crippen molar-refractivity contribution in [1.82, 2.24) is 9.88 Å². The van der Waals surface area contributed by atoms with Crippen LogP contribution in [0.5, 0.6) is 0 Å². The molecule has 124 valence electrons. The van der Waals surface area contributed by atoms with Crippen molar-refractivity contribution in [2.24, 2.45) is 5.92 Å². The van der Waals surface area contributed by atoms with E-state index in [9.17, 15) is 9.59 Å². The van der Waals surface area contributed by atoms with Gasteiger partial charge in [-0.3, -0.25) is 9.78 Å². The fourth-order valence-corrected chi connectivity index (χ4v) is 3.16. The lowest BCUT2D eigenvalue weighted by Gasteiger charge is -2.32. The molecule has 0 spiro atoms. The van der Waals surface area contributed by atoms with Crippen LogP contribution >= 0.6 is 0 Å². The third-order valence-corrected chi connectivity index (χ3v) is 4.51. The standard InChI is InChI=1S/C19H20N2O3/c22-18(16-4-1-5-17(12-16)19(23)24)21-9-6-14(7-10-21)11-15-3-2-8-20-13-15/h1-5,8,12-14H,6-7,9-11H2,(H,23,24). The Hall–Kier alpha value is -2.69. The number of nitrogens with zero attached hydrogens (tertiary/aromatic N) is 2. The maximum atomic E-state index is 12.6. The number of amides is 1. The Morgan fingerprint density at radius 3 is 2.54 bits per heavy atom. The number of benzene rings is 1. The van der Waals surface area contributed by atoms with E-state index in [1.807, 2.05) is 17.2 Å². The zero-order chi connectivity index (χ0) is 16.9. The molecule has 1 aromatic carbocycles. The Bertz CT molecular complexity index is 722. The normalized spacial score (nSPS) is 15.2. The number of piperidine rings is 1. The monoisotopic (exact) mass is 324 g/mol. The van der Waals surface area contributed by atoms with Crippen molar-refractivity contribution in [1.29, 1.82) is 0 Å². The Kier molecular flexibility index (Phi) is 4.89. The zero-order valence-corrected chi connectivity index (χ0v) is 13.4. The number of hydrogen-bond acceptors (Lipinski definition) is 3. The summed E-state index contributed by atoms with van der Waals surface area (Å²) in [7, 11) is 0. The SMILES string of the molecule is O=C(O)c1cccc(C(=O)N2CCC(Cc3cccnc3)CC2)c1. The number of carboxylic acid groups (broad SMARTS) is 1. The summed E-state index contributed by atoms with van der Waals surface area (Å²) in [6.45, 7) is 1.42. The third-order valence-electron chi connectivity index (χ3n) is 4.51. The summed E-state index contributed by atoms with van der Waals surface area (Å²) in [5, 5.41) is 9.05. The number of carbonyl (C=O) groups excluding carboxylic acids is 1. The Labute approximate surface area is 140 Å². The van der Waals surface area contributed by atoms with Crippen molar-refractivity contribution in [3.63, 3.8) is 0 Å². The molecule has 0 atom stereocenters. The van der Waals surface area contributed by atoms with Gasteiger partial charge >= 0.3 is 5.97 Å². The van der Waals surface area contributed by atoms with E-state index in [4.69, 9.17) is 5.11 Å². The summed E-state index contributed by atoms with van der Waals surface area (Å²) in [6.07, 6.45) is 6.58. The highest BCUT2D eigenvalue weighted by Crippen LogP contribution is 2.22. The van der Waals surface area contributed by atoms with E-state index < -0.39 is 5.97 Å². The van der Waals surface area contributed by atoms with E-state index in [1.54, 1.807) is 18.3 Å². The second-order valence-electron chi connectivity index (χ2n) is 6.19. The molecular weight excluding hydrogens is 304 g/mol. The first kappa shape index (κ1) is 16.2. The Balaban J connectivity index is 1.59. The molecule has 1 amide bonds. The predicted molar refractivity (Wildman–Crippen MR) is 90.0 cm³/mol. The molecule has 1 aromatic heterocycles. The largest absolute Gasteiger partial charge is 0.478 e. The van der Waals surface area contributed by atoms with Gasteiger partial charge in [0, 0.05) is 31.0 Å². The number of hydrogen-bond donors (Lipinski definition) is 1. The average molecular weight is 324 g/mol. The van der Waals surface area contributed by atoms with Crippen LogP contribution in [-0.2, 0) is 6.42 Å². The molecule has 1 aliphatic heterocycles. The molecule has 0 saturated carbocycles. The number of carboxylic acids is 1. The van der Waals surface area contributed by atoms with Gasteiger partial charge < -0.3 is 10.0 Å². The number of aromatic carboxylic acids is 1. The van der Waals surface area contributed by atoms with Crippen molar-refractivity contribution < 1.29 is 14.7 Å². The van der Waals surface area contributed by atoms with Gasteiger partial charge in [0.2, 0.25) is 0 Å². The molecule has 2 heterocycles. The smallest absolute Gasteiger partial charge is 0.335 e. The summed E-state index contributed by atoms with van der Waals surface area (Å²) < 4.78 is 0. The van der Waals surface area contributed by atoms with E-state index in [1.165, 1.54) is 17.7 Å². The van der Waals surface area contributed by atoms with Gasteiger partial charge in [-0.05, 0) is 55.0 Å². The van der Waals surface area contributed by atoms with Crippen molar-refractivity contribution >= 4 is 11.9 Å². The van der Waals surface area contributed by atoms with Gasteiger partial charge in [0.25, 0.3) is 5.91 Å². The van der Waals surface area contributed by atoms with Gasteiger partial charge in [0.1, 0.15) is 0 Å². The molecule has 0 unspecified atom stereocenters. The molecular formula is C19H20N2O3. The van der Waals surface area contributed by atoms with E-state index >= 15 is 0 Å². The van der Waals surface area contributed by atoms with Gasteiger partial charge in [-0.2, -0.15) is 0 Å². The van der Waals surface area contributed by atoms with Gasteiger partial charge in [-0.1, -0.05) is 12.1 Å².